The predicted molar refractivity (Wildman–Crippen MR) is 82.2 cm³/mol. The number of rotatable bonds is 4. The summed E-state index contributed by atoms with van der Waals surface area (Å²) in [7, 11) is 1.64. The van der Waals surface area contributed by atoms with Crippen molar-refractivity contribution in [2.45, 2.75) is 37.8 Å². The fourth-order valence-corrected chi connectivity index (χ4v) is 3.03. The molecule has 0 radical (unpaired) electrons. The highest BCUT2D eigenvalue weighted by atomic mass is 79.9. The molecule has 1 atom stereocenters. The second-order valence-electron chi connectivity index (χ2n) is 5.44. The van der Waals surface area contributed by atoms with Crippen LogP contribution in [-0.4, -0.2) is 31.6 Å². The topological polar surface area (TPSA) is 41.6 Å². The number of carbonyl (C=O) groups excluding carboxylic acids is 1. The van der Waals surface area contributed by atoms with Gasteiger partial charge < -0.3 is 15.0 Å². The molecule has 1 aromatic carbocycles. The molecule has 2 fully saturated rings. The molecule has 0 bridgehead atoms. The summed E-state index contributed by atoms with van der Waals surface area (Å²) < 4.78 is 6.35. The van der Waals surface area contributed by atoms with Gasteiger partial charge in [-0.2, -0.15) is 0 Å². The Balaban J connectivity index is 1.84. The van der Waals surface area contributed by atoms with Gasteiger partial charge in [0.15, 0.2) is 0 Å². The molecular formula is C15H19BrN2O2. The highest BCUT2D eigenvalue weighted by molar-refractivity contribution is 9.10. The zero-order valence-corrected chi connectivity index (χ0v) is 13.1. The predicted octanol–water partition coefficient (Wildman–Crippen LogP) is 2.71. The molecule has 1 saturated heterocycles. The summed E-state index contributed by atoms with van der Waals surface area (Å²) in [4.78, 5) is 14.5. The molecule has 5 heteroatoms. The van der Waals surface area contributed by atoms with E-state index in [0.29, 0.717) is 6.04 Å². The number of methoxy groups -OCH3 is 1. The largest absolute Gasteiger partial charge is 0.495 e. The molecule has 0 spiro atoms. The van der Waals surface area contributed by atoms with Gasteiger partial charge in [-0.3, -0.25) is 4.79 Å². The lowest BCUT2D eigenvalue weighted by Crippen LogP contribution is -2.51. The van der Waals surface area contributed by atoms with Crippen LogP contribution in [0.4, 0.5) is 5.69 Å². The number of nitrogens with one attached hydrogen (secondary N) is 1. The fraction of sp³-hybridized carbons (Fsp3) is 0.533. The number of anilines is 1. The van der Waals surface area contributed by atoms with Gasteiger partial charge in [0.05, 0.1) is 18.8 Å². The van der Waals surface area contributed by atoms with Crippen molar-refractivity contribution in [3.05, 3.63) is 22.7 Å². The molecule has 1 N–H and O–H groups in total. The van der Waals surface area contributed by atoms with E-state index < -0.39 is 0 Å². The standard InChI is InChI=1S/C15H19BrN2O2/c1-20-14-7-4-10(16)9-13(14)18-8-2-3-12(15(18)19)17-11-5-6-11/h4,7,9,11-12,17H,2-3,5-6,8H2,1H3. The second-order valence-corrected chi connectivity index (χ2v) is 6.36. The van der Waals surface area contributed by atoms with Crippen molar-refractivity contribution < 1.29 is 9.53 Å². The molecule has 3 rings (SSSR count). The summed E-state index contributed by atoms with van der Waals surface area (Å²) >= 11 is 3.47. The molecule has 1 heterocycles. The summed E-state index contributed by atoms with van der Waals surface area (Å²) in [5, 5.41) is 3.45. The van der Waals surface area contributed by atoms with Crippen molar-refractivity contribution in [2.24, 2.45) is 0 Å². The Morgan fingerprint density at radius 1 is 1.35 bits per heavy atom. The van der Waals surface area contributed by atoms with Gasteiger partial charge in [0.2, 0.25) is 5.91 Å². The van der Waals surface area contributed by atoms with Crippen LogP contribution in [0.1, 0.15) is 25.7 Å². The van der Waals surface area contributed by atoms with Crippen molar-refractivity contribution in [2.75, 3.05) is 18.6 Å². The summed E-state index contributed by atoms with van der Waals surface area (Å²) in [6, 6.07) is 6.28. The average Bonchev–Trinajstić information content (AvgIpc) is 3.25. The summed E-state index contributed by atoms with van der Waals surface area (Å²) in [6.45, 7) is 0.758. The third kappa shape index (κ3) is 2.83. The minimum Gasteiger partial charge on any atom is -0.495 e. The van der Waals surface area contributed by atoms with Crippen LogP contribution < -0.4 is 15.0 Å². The number of ether oxygens (including phenoxy) is 1. The van der Waals surface area contributed by atoms with Crippen molar-refractivity contribution >= 4 is 27.5 Å². The SMILES string of the molecule is COc1ccc(Br)cc1N1CCCC(NC2CC2)C1=O. The van der Waals surface area contributed by atoms with Gasteiger partial charge in [0.25, 0.3) is 0 Å². The lowest BCUT2D eigenvalue weighted by Gasteiger charge is -2.33. The maximum Gasteiger partial charge on any atom is 0.244 e. The first-order chi connectivity index (χ1) is 9.69. The van der Waals surface area contributed by atoms with E-state index in [9.17, 15) is 4.79 Å². The highest BCUT2D eigenvalue weighted by Crippen LogP contribution is 2.34. The smallest absolute Gasteiger partial charge is 0.244 e. The Bertz CT molecular complexity index is 517. The summed E-state index contributed by atoms with van der Waals surface area (Å²) in [5.41, 5.74) is 0.856. The van der Waals surface area contributed by atoms with E-state index in [-0.39, 0.29) is 11.9 Å². The van der Waals surface area contributed by atoms with E-state index in [1.807, 2.05) is 23.1 Å². The maximum atomic E-state index is 12.7. The first-order valence-electron chi connectivity index (χ1n) is 7.10. The van der Waals surface area contributed by atoms with Gasteiger partial charge in [-0.05, 0) is 43.9 Å². The van der Waals surface area contributed by atoms with Crippen LogP contribution in [-0.2, 0) is 4.79 Å². The first-order valence-corrected chi connectivity index (χ1v) is 7.89. The molecule has 0 aromatic heterocycles. The molecule has 1 saturated carbocycles. The number of carbonyl (C=O) groups is 1. The highest BCUT2D eigenvalue weighted by Gasteiger charge is 2.34. The number of hydrogen-bond donors (Lipinski definition) is 1. The average molecular weight is 339 g/mol. The van der Waals surface area contributed by atoms with Crippen molar-refractivity contribution in [1.29, 1.82) is 0 Å². The molecule has 2 aliphatic rings. The lowest BCUT2D eigenvalue weighted by atomic mass is 10.0. The van der Waals surface area contributed by atoms with Gasteiger partial charge in [0, 0.05) is 17.1 Å². The Morgan fingerprint density at radius 3 is 2.85 bits per heavy atom. The zero-order valence-electron chi connectivity index (χ0n) is 11.6. The van der Waals surface area contributed by atoms with E-state index >= 15 is 0 Å². The van der Waals surface area contributed by atoms with Crippen LogP contribution >= 0.6 is 15.9 Å². The third-order valence-corrected chi connectivity index (χ3v) is 4.38. The molecule has 1 amide bonds. The lowest BCUT2D eigenvalue weighted by molar-refractivity contribution is -0.121. The number of nitrogens with zero attached hydrogens (tertiary/aromatic N) is 1. The van der Waals surface area contributed by atoms with E-state index in [1.165, 1.54) is 12.8 Å². The van der Waals surface area contributed by atoms with Crippen molar-refractivity contribution in [3.8, 4) is 5.75 Å². The van der Waals surface area contributed by atoms with E-state index in [2.05, 4.69) is 21.2 Å². The molecular weight excluding hydrogens is 320 g/mol. The van der Waals surface area contributed by atoms with Gasteiger partial charge in [-0.25, -0.2) is 0 Å². The van der Waals surface area contributed by atoms with Crippen LogP contribution in [0.3, 0.4) is 0 Å². The Hall–Kier alpha value is -1.07. The fourth-order valence-electron chi connectivity index (χ4n) is 2.68. The number of halogens is 1. The number of hydrogen-bond acceptors (Lipinski definition) is 3. The Kier molecular flexibility index (Phi) is 3.98. The van der Waals surface area contributed by atoms with Gasteiger partial charge in [-0.1, -0.05) is 15.9 Å². The summed E-state index contributed by atoms with van der Waals surface area (Å²) in [6.07, 6.45) is 4.35. The molecule has 108 valence electrons. The van der Waals surface area contributed by atoms with Crippen LogP contribution in [0.5, 0.6) is 5.75 Å². The Morgan fingerprint density at radius 2 is 2.15 bits per heavy atom. The van der Waals surface area contributed by atoms with Crippen LogP contribution in [0, 0.1) is 0 Å². The summed E-state index contributed by atoms with van der Waals surface area (Å²) in [5.74, 6) is 0.910. The molecule has 4 nitrogen and oxygen atoms in total. The van der Waals surface area contributed by atoms with Crippen LogP contribution in [0.2, 0.25) is 0 Å². The minimum atomic E-state index is -0.0417. The van der Waals surface area contributed by atoms with E-state index in [1.54, 1.807) is 7.11 Å². The molecule has 1 aliphatic carbocycles. The molecule has 1 aliphatic heterocycles. The van der Waals surface area contributed by atoms with Gasteiger partial charge in [-0.15, -0.1) is 0 Å². The number of benzene rings is 1. The number of amides is 1. The Labute approximate surface area is 127 Å². The van der Waals surface area contributed by atoms with E-state index in [0.717, 1.165) is 35.3 Å². The van der Waals surface area contributed by atoms with E-state index in [4.69, 9.17) is 4.74 Å². The quantitative estimate of drug-likeness (QED) is 0.917. The first kappa shape index (κ1) is 13.9. The zero-order chi connectivity index (χ0) is 14.1. The maximum absolute atomic E-state index is 12.7. The second kappa shape index (κ2) is 5.74. The monoisotopic (exact) mass is 338 g/mol. The van der Waals surface area contributed by atoms with Gasteiger partial charge in [0.1, 0.15) is 5.75 Å². The minimum absolute atomic E-state index is 0.0417. The number of piperidine rings is 1. The molecule has 1 aromatic rings. The van der Waals surface area contributed by atoms with Crippen molar-refractivity contribution in [1.82, 2.24) is 5.32 Å². The normalized spacial score (nSPS) is 23.0. The van der Waals surface area contributed by atoms with Gasteiger partial charge >= 0.3 is 0 Å². The molecule has 1 unspecified atom stereocenters. The van der Waals surface area contributed by atoms with Crippen LogP contribution in [0.25, 0.3) is 0 Å². The third-order valence-electron chi connectivity index (χ3n) is 3.88. The molecule has 20 heavy (non-hydrogen) atoms. The van der Waals surface area contributed by atoms with Crippen molar-refractivity contribution in [3.63, 3.8) is 0 Å². The van der Waals surface area contributed by atoms with Crippen LogP contribution in [0.15, 0.2) is 22.7 Å².